The van der Waals surface area contributed by atoms with Crippen LogP contribution in [0.25, 0.3) is 33.3 Å². The van der Waals surface area contributed by atoms with E-state index in [1.165, 1.54) is 34.4 Å². The number of esters is 1. The Hall–Kier alpha value is -4.27. The first-order valence-corrected chi connectivity index (χ1v) is 13.2. The van der Waals surface area contributed by atoms with Crippen molar-refractivity contribution in [2.45, 2.75) is 5.92 Å². The van der Waals surface area contributed by atoms with E-state index < -0.39 is 11.9 Å². The number of hydrogen-bond donors (Lipinski definition) is 1. The van der Waals surface area contributed by atoms with Crippen LogP contribution in [0.2, 0.25) is 0 Å². The summed E-state index contributed by atoms with van der Waals surface area (Å²) in [7, 11) is 1.35. The number of hydrogen-bond acceptors (Lipinski definition) is 7. The number of carbonyl (C=O) groups excluding carboxylic acids is 1. The lowest BCUT2D eigenvalue weighted by Crippen LogP contribution is -2.39. The molecule has 37 heavy (non-hydrogen) atoms. The third-order valence-corrected chi connectivity index (χ3v) is 8.49. The number of thiazole rings is 2. The molecule has 3 aromatic carbocycles. The zero-order valence-corrected chi connectivity index (χ0v) is 21.4. The minimum Gasteiger partial charge on any atom is -0.466 e. The first-order chi connectivity index (χ1) is 18.1. The molecule has 0 spiro atoms. The second kappa shape index (κ2) is 9.31. The molecule has 0 saturated carbocycles. The highest BCUT2D eigenvalue weighted by molar-refractivity contribution is 7.19. The standard InChI is InChI=1S/C29H21N3O3S2/c1-35-29(34)24-22(18-12-6-3-7-13-18)23(26-31-19-14-8-9-15-20(19)36-26)25(30)32-27(33)21(37-28(24)32)16-17-10-4-2-5-11-17/h2-16,22H,30H2,1H3/b21-16+/t22-/m1/s1. The first-order valence-electron chi connectivity index (χ1n) is 11.6. The molecular formula is C29H21N3O3S2. The molecule has 0 fully saturated rings. The summed E-state index contributed by atoms with van der Waals surface area (Å²) < 4.78 is 8.64. The second-order valence-corrected chi connectivity index (χ2v) is 10.6. The zero-order valence-electron chi connectivity index (χ0n) is 19.8. The lowest BCUT2D eigenvalue weighted by atomic mass is 9.83. The Morgan fingerprint density at radius 3 is 2.35 bits per heavy atom. The average molecular weight is 524 g/mol. The maximum Gasteiger partial charge on any atom is 0.337 e. The third-order valence-electron chi connectivity index (χ3n) is 6.31. The summed E-state index contributed by atoms with van der Waals surface area (Å²) >= 11 is 2.72. The van der Waals surface area contributed by atoms with Gasteiger partial charge in [0.25, 0.3) is 5.56 Å². The predicted molar refractivity (Wildman–Crippen MR) is 149 cm³/mol. The molecule has 8 heteroatoms. The highest BCUT2D eigenvalue weighted by Crippen LogP contribution is 2.44. The van der Waals surface area contributed by atoms with Crippen molar-refractivity contribution in [3.63, 3.8) is 0 Å². The smallest absolute Gasteiger partial charge is 0.337 e. The van der Waals surface area contributed by atoms with Crippen LogP contribution in [0.5, 0.6) is 0 Å². The lowest BCUT2D eigenvalue weighted by molar-refractivity contribution is -0.134. The van der Waals surface area contributed by atoms with Crippen molar-refractivity contribution in [1.82, 2.24) is 9.55 Å². The first kappa shape index (κ1) is 23.1. The predicted octanol–water partition coefficient (Wildman–Crippen LogP) is 3.75. The van der Waals surface area contributed by atoms with Crippen molar-refractivity contribution in [3.8, 4) is 0 Å². The largest absolute Gasteiger partial charge is 0.466 e. The van der Waals surface area contributed by atoms with Gasteiger partial charge in [0.05, 0.1) is 33.3 Å². The normalized spacial score (nSPS) is 15.8. The van der Waals surface area contributed by atoms with Crippen molar-refractivity contribution < 1.29 is 9.53 Å². The van der Waals surface area contributed by atoms with Crippen molar-refractivity contribution in [2.75, 3.05) is 7.11 Å². The van der Waals surface area contributed by atoms with E-state index in [-0.39, 0.29) is 11.4 Å². The minimum absolute atomic E-state index is 0.268. The molecule has 6 nitrogen and oxygen atoms in total. The van der Waals surface area contributed by atoms with Gasteiger partial charge in [-0.3, -0.25) is 9.36 Å². The van der Waals surface area contributed by atoms with Gasteiger partial charge < -0.3 is 10.5 Å². The minimum atomic E-state index is -0.558. The SMILES string of the molecule is COC(=O)C1=c2s/c(=C/c3ccccc3)c(=O)n2C(N)=C(c2nc3ccccc3s2)[C@H]1c1ccccc1. The van der Waals surface area contributed by atoms with Crippen LogP contribution in [-0.4, -0.2) is 22.6 Å². The molecule has 1 aliphatic rings. The summed E-state index contributed by atoms with van der Waals surface area (Å²) in [5.74, 6) is -0.803. The molecule has 0 bridgehead atoms. The van der Waals surface area contributed by atoms with E-state index in [1.807, 2.05) is 91.0 Å². The molecule has 2 N–H and O–H groups in total. The van der Waals surface area contributed by atoms with Crippen LogP contribution in [0.3, 0.4) is 0 Å². The maximum absolute atomic E-state index is 13.7. The monoisotopic (exact) mass is 523 g/mol. The van der Waals surface area contributed by atoms with E-state index in [1.54, 1.807) is 0 Å². The summed E-state index contributed by atoms with van der Waals surface area (Å²) in [4.78, 5) is 32.0. The Balaban J connectivity index is 1.73. The van der Waals surface area contributed by atoms with E-state index in [4.69, 9.17) is 15.5 Å². The number of carbonyl (C=O) groups is 1. The van der Waals surface area contributed by atoms with Crippen molar-refractivity contribution in [3.05, 3.63) is 121 Å². The lowest BCUT2D eigenvalue weighted by Gasteiger charge is -2.27. The van der Waals surface area contributed by atoms with Gasteiger partial charge in [-0.25, -0.2) is 9.78 Å². The number of fused-ring (bicyclic) bond motifs is 2. The molecule has 2 aromatic heterocycles. The van der Waals surface area contributed by atoms with E-state index in [0.717, 1.165) is 21.3 Å². The molecule has 0 saturated heterocycles. The molecule has 0 aliphatic carbocycles. The van der Waals surface area contributed by atoms with Gasteiger partial charge in [0.15, 0.2) is 0 Å². The Kier molecular flexibility index (Phi) is 5.82. The molecule has 5 aromatic rings. The number of ether oxygens (including phenoxy) is 1. The molecule has 0 amide bonds. The number of methoxy groups -OCH3 is 1. The molecule has 0 radical (unpaired) electrons. The topological polar surface area (TPSA) is 87.2 Å². The summed E-state index contributed by atoms with van der Waals surface area (Å²) in [5, 5.41) is 0.659. The van der Waals surface area contributed by atoms with Crippen LogP contribution in [0.15, 0.2) is 89.7 Å². The molecule has 6 rings (SSSR count). The van der Waals surface area contributed by atoms with Crippen LogP contribution in [0, 0.1) is 0 Å². The maximum atomic E-state index is 13.7. The molecule has 1 atom stereocenters. The van der Waals surface area contributed by atoms with Crippen LogP contribution >= 0.6 is 22.7 Å². The third kappa shape index (κ3) is 3.91. The van der Waals surface area contributed by atoms with Gasteiger partial charge in [-0.05, 0) is 29.3 Å². The fraction of sp³-hybridized carbons (Fsp3) is 0.0690. The zero-order chi connectivity index (χ0) is 25.5. The number of nitrogens with zero attached hydrogens (tertiary/aromatic N) is 2. The molecule has 3 heterocycles. The van der Waals surface area contributed by atoms with Gasteiger partial charge in [0.1, 0.15) is 15.5 Å². The van der Waals surface area contributed by atoms with Gasteiger partial charge in [-0.2, -0.15) is 0 Å². The van der Waals surface area contributed by atoms with Crippen LogP contribution < -0.4 is 20.5 Å². The molecular weight excluding hydrogens is 502 g/mol. The van der Waals surface area contributed by atoms with Gasteiger partial charge in [0.2, 0.25) is 0 Å². The quantitative estimate of drug-likeness (QED) is 0.363. The van der Waals surface area contributed by atoms with E-state index in [2.05, 4.69) is 0 Å². The number of para-hydroxylation sites is 1. The van der Waals surface area contributed by atoms with Crippen LogP contribution in [0.1, 0.15) is 22.1 Å². The Morgan fingerprint density at radius 1 is 0.973 bits per heavy atom. The number of allylic oxidation sites excluding steroid dienone is 1. The summed E-state index contributed by atoms with van der Waals surface area (Å²) in [6, 6.07) is 27.1. The van der Waals surface area contributed by atoms with Crippen molar-refractivity contribution in [1.29, 1.82) is 0 Å². The Bertz CT molecular complexity index is 1830. The van der Waals surface area contributed by atoms with Gasteiger partial charge in [-0.1, -0.05) is 72.8 Å². The van der Waals surface area contributed by atoms with Crippen molar-refractivity contribution in [2.24, 2.45) is 5.73 Å². The van der Waals surface area contributed by atoms with E-state index >= 15 is 0 Å². The Labute approximate surface area is 219 Å². The van der Waals surface area contributed by atoms with Gasteiger partial charge >= 0.3 is 5.97 Å². The van der Waals surface area contributed by atoms with E-state index in [9.17, 15) is 9.59 Å². The number of benzene rings is 3. The molecule has 0 unspecified atom stereocenters. The number of aromatic nitrogens is 2. The highest BCUT2D eigenvalue weighted by atomic mass is 32.1. The van der Waals surface area contributed by atoms with E-state index in [0.29, 0.717) is 25.3 Å². The van der Waals surface area contributed by atoms with Gasteiger partial charge in [0, 0.05) is 5.57 Å². The summed E-state index contributed by atoms with van der Waals surface area (Å²) in [6.07, 6.45) is 1.81. The second-order valence-electron chi connectivity index (χ2n) is 8.50. The van der Waals surface area contributed by atoms with Crippen LogP contribution in [0.4, 0.5) is 0 Å². The average Bonchev–Trinajstić information content (AvgIpc) is 3.50. The number of rotatable bonds is 4. The van der Waals surface area contributed by atoms with Crippen molar-refractivity contribution >= 4 is 61.9 Å². The fourth-order valence-electron chi connectivity index (χ4n) is 4.63. The Morgan fingerprint density at radius 2 is 1.65 bits per heavy atom. The summed E-state index contributed by atoms with van der Waals surface area (Å²) in [5.41, 5.74) is 10.1. The molecule has 1 aliphatic heterocycles. The highest BCUT2D eigenvalue weighted by Gasteiger charge is 2.37. The summed E-state index contributed by atoms with van der Waals surface area (Å²) in [6.45, 7) is 0. The fourth-order valence-corrected chi connectivity index (χ4v) is 6.85. The molecule has 182 valence electrons. The van der Waals surface area contributed by atoms with Crippen LogP contribution in [-0.2, 0) is 9.53 Å². The number of nitrogens with two attached hydrogens (primary N) is 1. The van der Waals surface area contributed by atoms with Gasteiger partial charge in [-0.15, -0.1) is 22.7 Å².